The van der Waals surface area contributed by atoms with Gasteiger partial charge in [-0.1, -0.05) is 24.6 Å². The van der Waals surface area contributed by atoms with Crippen LogP contribution in [0.1, 0.15) is 31.0 Å². The van der Waals surface area contributed by atoms with Crippen molar-refractivity contribution in [3.05, 3.63) is 29.3 Å². The number of aliphatic hydroxyl groups is 1. The minimum absolute atomic E-state index is 0.0423. The van der Waals surface area contributed by atoms with Gasteiger partial charge in [0.05, 0.1) is 6.61 Å². The lowest BCUT2D eigenvalue weighted by atomic mass is 10.1. The summed E-state index contributed by atoms with van der Waals surface area (Å²) >= 11 is 0. The SMILES string of the molecule is Cc1ccc(OCC(C)CO)c([C@@H](C)N)c1. The number of hydrogen-bond acceptors (Lipinski definition) is 3. The fourth-order valence-corrected chi connectivity index (χ4v) is 1.44. The van der Waals surface area contributed by atoms with Crippen LogP contribution in [0.2, 0.25) is 0 Å². The number of hydrogen-bond donors (Lipinski definition) is 2. The number of ether oxygens (including phenoxy) is 1. The molecule has 16 heavy (non-hydrogen) atoms. The predicted molar refractivity (Wildman–Crippen MR) is 65.5 cm³/mol. The third-order valence-electron chi connectivity index (χ3n) is 2.49. The van der Waals surface area contributed by atoms with Crippen molar-refractivity contribution >= 4 is 0 Å². The molecule has 0 aliphatic heterocycles. The van der Waals surface area contributed by atoms with Crippen molar-refractivity contribution in [2.24, 2.45) is 11.7 Å². The lowest BCUT2D eigenvalue weighted by Crippen LogP contribution is -2.14. The zero-order valence-corrected chi connectivity index (χ0v) is 10.2. The Balaban J connectivity index is 2.78. The van der Waals surface area contributed by atoms with Gasteiger partial charge in [-0.2, -0.15) is 0 Å². The Hall–Kier alpha value is -1.06. The molecular weight excluding hydrogens is 202 g/mol. The first-order chi connectivity index (χ1) is 7.54. The highest BCUT2D eigenvalue weighted by Gasteiger charge is 2.09. The molecule has 0 aromatic heterocycles. The summed E-state index contributed by atoms with van der Waals surface area (Å²) in [6.45, 7) is 6.57. The molecule has 0 saturated heterocycles. The van der Waals surface area contributed by atoms with Crippen LogP contribution in [0.25, 0.3) is 0 Å². The smallest absolute Gasteiger partial charge is 0.124 e. The summed E-state index contributed by atoms with van der Waals surface area (Å²) in [5.41, 5.74) is 8.09. The topological polar surface area (TPSA) is 55.5 Å². The fraction of sp³-hybridized carbons (Fsp3) is 0.538. The van der Waals surface area contributed by atoms with E-state index < -0.39 is 0 Å². The van der Waals surface area contributed by atoms with Crippen LogP contribution in [-0.2, 0) is 0 Å². The molecule has 0 saturated carbocycles. The molecule has 3 N–H and O–H groups in total. The fourth-order valence-electron chi connectivity index (χ4n) is 1.44. The van der Waals surface area contributed by atoms with E-state index in [9.17, 15) is 0 Å². The number of aryl methyl sites for hydroxylation is 1. The zero-order chi connectivity index (χ0) is 12.1. The van der Waals surface area contributed by atoms with E-state index >= 15 is 0 Å². The lowest BCUT2D eigenvalue weighted by Gasteiger charge is -2.16. The van der Waals surface area contributed by atoms with Crippen molar-refractivity contribution in [2.75, 3.05) is 13.2 Å². The quantitative estimate of drug-likeness (QED) is 0.803. The first-order valence-electron chi connectivity index (χ1n) is 5.64. The molecule has 0 amide bonds. The molecule has 0 aliphatic rings. The minimum atomic E-state index is -0.0423. The van der Waals surface area contributed by atoms with Crippen molar-refractivity contribution in [1.82, 2.24) is 0 Å². The predicted octanol–water partition coefficient (Wildman–Crippen LogP) is 2.02. The van der Waals surface area contributed by atoms with Crippen molar-refractivity contribution in [3.63, 3.8) is 0 Å². The van der Waals surface area contributed by atoms with E-state index in [4.69, 9.17) is 15.6 Å². The summed E-state index contributed by atoms with van der Waals surface area (Å²) in [4.78, 5) is 0. The number of nitrogens with two attached hydrogens (primary N) is 1. The van der Waals surface area contributed by atoms with Gasteiger partial charge in [-0.25, -0.2) is 0 Å². The standard InChI is InChI=1S/C13H21NO2/c1-9-4-5-13(12(6-9)11(3)14)16-8-10(2)7-15/h4-6,10-11,15H,7-8,14H2,1-3H3/t10?,11-/m1/s1. The average Bonchev–Trinajstić information content (AvgIpc) is 2.26. The molecule has 0 heterocycles. The summed E-state index contributed by atoms with van der Waals surface area (Å²) in [7, 11) is 0. The van der Waals surface area contributed by atoms with Gasteiger partial charge < -0.3 is 15.6 Å². The summed E-state index contributed by atoms with van der Waals surface area (Å²) < 4.78 is 5.67. The second-order valence-corrected chi connectivity index (χ2v) is 4.43. The molecular formula is C13H21NO2. The van der Waals surface area contributed by atoms with Crippen LogP contribution < -0.4 is 10.5 Å². The summed E-state index contributed by atoms with van der Waals surface area (Å²) in [6.07, 6.45) is 0. The molecule has 1 unspecified atom stereocenters. The van der Waals surface area contributed by atoms with Crippen molar-refractivity contribution in [2.45, 2.75) is 26.8 Å². The van der Waals surface area contributed by atoms with E-state index in [0.717, 1.165) is 11.3 Å². The highest BCUT2D eigenvalue weighted by Crippen LogP contribution is 2.25. The normalized spacial score (nSPS) is 14.6. The molecule has 0 bridgehead atoms. The molecule has 2 atom stereocenters. The number of aliphatic hydroxyl groups excluding tert-OH is 1. The monoisotopic (exact) mass is 223 g/mol. The third-order valence-corrected chi connectivity index (χ3v) is 2.49. The Morgan fingerprint density at radius 2 is 2.06 bits per heavy atom. The number of benzene rings is 1. The van der Waals surface area contributed by atoms with Crippen LogP contribution in [-0.4, -0.2) is 18.3 Å². The summed E-state index contributed by atoms with van der Waals surface area (Å²) in [5, 5.41) is 8.93. The van der Waals surface area contributed by atoms with Gasteiger partial charge in [0.1, 0.15) is 5.75 Å². The first kappa shape index (κ1) is 13.0. The average molecular weight is 223 g/mol. The molecule has 3 heteroatoms. The van der Waals surface area contributed by atoms with Crippen molar-refractivity contribution < 1.29 is 9.84 Å². The van der Waals surface area contributed by atoms with E-state index in [1.54, 1.807) is 0 Å². The second kappa shape index (κ2) is 5.87. The van der Waals surface area contributed by atoms with E-state index in [1.165, 1.54) is 5.56 Å². The lowest BCUT2D eigenvalue weighted by molar-refractivity contribution is 0.173. The van der Waals surface area contributed by atoms with E-state index in [2.05, 4.69) is 0 Å². The molecule has 0 fully saturated rings. The molecule has 0 spiro atoms. The Morgan fingerprint density at radius 3 is 2.62 bits per heavy atom. The molecule has 1 rings (SSSR count). The Labute approximate surface area is 97.2 Å². The molecule has 3 nitrogen and oxygen atoms in total. The third kappa shape index (κ3) is 3.51. The molecule has 1 aromatic rings. The Bertz CT molecular complexity index is 337. The van der Waals surface area contributed by atoms with Gasteiger partial charge >= 0.3 is 0 Å². The molecule has 90 valence electrons. The van der Waals surface area contributed by atoms with Gasteiger partial charge in [0, 0.05) is 24.1 Å². The van der Waals surface area contributed by atoms with Gasteiger partial charge in [-0.15, -0.1) is 0 Å². The van der Waals surface area contributed by atoms with Crippen LogP contribution in [0.5, 0.6) is 5.75 Å². The largest absolute Gasteiger partial charge is 0.493 e. The van der Waals surface area contributed by atoms with Gasteiger partial charge in [0.2, 0.25) is 0 Å². The van der Waals surface area contributed by atoms with Crippen LogP contribution in [0, 0.1) is 12.8 Å². The van der Waals surface area contributed by atoms with E-state index in [1.807, 2.05) is 39.0 Å². The van der Waals surface area contributed by atoms with Crippen molar-refractivity contribution in [1.29, 1.82) is 0 Å². The molecule has 1 aromatic carbocycles. The number of rotatable bonds is 5. The maximum Gasteiger partial charge on any atom is 0.124 e. The van der Waals surface area contributed by atoms with Gasteiger partial charge in [-0.05, 0) is 19.9 Å². The van der Waals surface area contributed by atoms with Gasteiger partial charge in [0.15, 0.2) is 0 Å². The van der Waals surface area contributed by atoms with Crippen molar-refractivity contribution in [3.8, 4) is 5.75 Å². The zero-order valence-electron chi connectivity index (χ0n) is 10.2. The highest BCUT2D eigenvalue weighted by atomic mass is 16.5. The van der Waals surface area contributed by atoms with Gasteiger partial charge in [0.25, 0.3) is 0 Å². The van der Waals surface area contributed by atoms with Crippen LogP contribution in [0.15, 0.2) is 18.2 Å². The molecule has 0 aliphatic carbocycles. The Morgan fingerprint density at radius 1 is 1.38 bits per heavy atom. The highest BCUT2D eigenvalue weighted by molar-refractivity contribution is 5.38. The van der Waals surface area contributed by atoms with Crippen LogP contribution in [0.4, 0.5) is 0 Å². The first-order valence-corrected chi connectivity index (χ1v) is 5.64. The summed E-state index contributed by atoms with van der Waals surface area (Å²) in [5.74, 6) is 0.961. The molecule has 0 radical (unpaired) electrons. The minimum Gasteiger partial charge on any atom is -0.493 e. The van der Waals surface area contributed by atoms with Crippen LogP contribution in [0.3, 0.4) is 0 Å². The van der Waals surface area contributed by atoms with Crippen LogP contribution >= 0.6 is 0 Å². The second-order valence-electron chi connectivity index (χ2n) is 4.43. The van der Waals surface area contributed by atoms with E-state index in [-0.39, 0.29) is 18.6 Å². The van der Waals surface area contributed by atoms with E-state index in [0.29, 0.717) is 6.61 Å². The Kier molecular flexibility index (Phi) is 4.77. The summed E-state index contributed by atoms with van der Waals surface area (Å²) in [6, 6.07) is 5.95. The maximum absolute atomic E-state index is 8.93. The maximum atomic E-state index is 8.93. The van der Waals surface area contributed by atoms with Gasteiger partial charge in [-0.3, -0.25) is 0 Å².